The van der Waals surface area contributed by atoms with Crippen LogP contribution in [-0.4, -0.2) is 11.8 Å². The molecule has 1 aliphatic carbocycles. The highest BCUT2D eigenvalue weighted by atomic mass is 16.1. The molecule has 1 atom stereocenters. The first-order chi connectivity index (χ1) is 7.47. The summed E-state index contributed by atoms with van der Waals surface area (Å²) in [7, 11) is 0. The summed E-state index contributed by atoms with van der Waals surface area (Å²) in [6.07, 6.45) is 8.15. The summed E-state index contributed by atoms with van der Waals surface area (Å²) in [5, 5.41) is 0. The largest absolute Gasteiger partial charge is 0.321 e. The molecule has 94 valence electrons. The first kappa shape index (κ1) is 13.7. The number of hydrogen-bond donors (Lipinski definition) is 1. The van der Waals surface area contributed by atoms with Crippen molar-refractivity contribution in [3.63, 3.8) is 0 Å². The molecule has 0 bridgehead atoms. The minimum atomic E-state index is -0.248. The minimum Gasteiger partial charge on any atom is -0.321 e. The van der Waals surface area contributed by atoms with Crippen molar-refractivity contribution in [2.45, 2.75) is 71.8 Å². The highest BCUT2D eigenvalue weighted by molar-refractivity contribution is 5.83. The van der Waals surface area contributed by atoms with Crippen LogP contribution in [0.2, 0.25) is 0 Å². The topological polar surface area (TPSA) is 43.1 Å². The maximum absolute atomic E-state index is 11.5. The van der Waals surface area contributed by atoms with E-state index < -0.39 is 0 Å². The third kappa shape index (κ3) is 3.58. The summed E-state index contributed by atoms with van der Waals surface area (Å²) in [6.45, 7) is 6.47. The maximum atomic E-state index is 11.5. The average Bonchev–Trinajstić information content (AvgIpc) is 2.28. The molecule has 1 fully saturated rings. The molecule has 0 amide bonds. The first-order valence-electron chi connectivity index (χ1n) is 6.75. The Labute approximate surface area is 100.0 Å². The summed E-state index contributed by atoms with van der Waals surface area (Å²) < 4.78 is 0. The van der Waals surface area contributed by atoms with E-state index in [1.807, 2.05) is 6.92 Å². The van der Waals surface area contributed by atoms with Crippen LogP contribution in [0.5, 0.6) is 0 Å². The van der Waals surface area contributed by atoms with E-state index in [1.165, 1.54) is 32.1 Å². The highest BCUT2D eigenvalue weighted by Crippen LogP contribution is 2.41. The molecule has 1 unspecified atom stereocenters. The van der Waals surface area contributed by atoms with Crippen LogP contribution < -0.4 is 5.73 Å². The zero-order valence-electron chi connectivity index (χ0n) is 11.1. The van der Waals surface area contributed by atoms with E-state index in [9.17, 15) is 4.79 Å². The van der Waals surface area contributed by atoms with Crippen molar-refractivity contribution in [2.24, 2.45) is 17.1 Å². The Morgan fingerprint density at radius 3 is 2.38 bits per heavy atom. The summed E-state index contributed by atoms with van der Waals surface area (Å²) in [4.78, 5) is 11.5. The molecule has 2 heteroatoms. The van der Waals surface area contributed by atoms with Gasteiger partial charge in [-0.2, -0.15) is 0 Å². The molecule has 0 aromatic heterocycles. The number of Topliss-reactive ketones (excluding diaryl/α,β-unsaturated/α-hetero) is 1. The van der Waals surface area contributed by atoms with Gasteiger partial charge in [0.25, 0.3) is 0 Å². The molecular formula is C14H27NO. The van der Waals surface area contributed by atoms with Crippen molar-refractivity contribution in [3.05, 3.63) is 0 Å². The number of carbonyl (C=O) groups excluding carboxylic acids is 1. The molecule has 0 saturated heterocycles. The van der Waals surface area contributed by atoms with Gasteiger partial charge in [-0.15, -0.1) is 0 Å². The van der Waals surface area contributed by atoms with Crippen molar-refractivity contribution < 1.29 is 4.79 Å². The van der Waals surface area contributed by atoms with Crippen LogP contribution in [0.3, 0.4) is 0 Å². The number of ketones is 1. The van der Waals surface area contributed by atoms with Gasteiger partial charge in [-0.25, -0.2) is 0 Å². The molecule has 1 saturated carbocycles. The van der Waals surface area contributed by atoms with E-state index in [0.717, 1.165) is 12.3 Å². The predicted octanol–water partition coefficient (Wildman–Crippen LogP) is 3.29. The van der Waals surface area contributed by atoms with Gasteiger partial charge in [0, 0.05) is 6.42 Å². The Balaban J connectivity index is 2.52. The smallest absolute Gasteiger partial charge is 0.149 e. The highest BCUT2D eigenvalue weighted by Gasteiger charge is 2.33. The monoisotopic (exact) mass is 225 g/mol. The van der Waals surface area contributed by atoms with Crippen LogP contribution in [0.4, 0.5) is 0 Å². The minimum absolute atomic E-state index is 0.212. The molecule has 16 heavy (non-hydrogen) atoms. The molecule has 0 aromatic rings. The van der Waals surface area contributed by atoms with Gasteiger partial charge < -0.3 is 5.73 Å². The third-order valence-electron chi connectivity index (χ3n) is 4.22. The second-order valence-electron chi connectivity index (χ2n) is 5.95. The molecule has 2 nitrogen and oxygen atoms in total. The van der Waals surface area contributed by atoms with Crippen molar-refractivity contribution in [2.75, 3.05) is 0 Å². The Hall–Kier alpha value is -0.370. The number of hydrogen-bond acceptors (Lipinski definition) is 2. The lowest BCUT2D eigenvalue weighted by atomic mass is 9.68. The fourth-order valence-electron chi connectivity index (χ4n) is 2.99. The van der Waals surface area contributed by atoms with Crippen LogP contribution in [0.1, 0.15) is 65.7 Å². The van der Waals surface area contributed by atoms with Gasteiger partial charge in [-0.1, -0.05) is 40.0 Å². The second kappa shape index (κ2) is 5.81. The van der Waals surface area contributed by atoms with Gasteiger partial charge in [0.2, 0.25) is 0 Å². The SMILES string of the molecule is CCC(=O)C(N)CC(C)(C)C1CCCCC1. The van der Waals surface area contributed by atoms with E-state index >= 15 is 0 Å². The molecule has 0 aliphatic heterocycles. The molecule has 0 spiro atoms. The van der Waals surface area contributed by atoms with Gasteiger partial charge in [0.05, 0.1) is 6.04 Å². The fourth-order valence-corrected chi connectivity index (χ4v) is 2.99. The first-order valence-corrected chi connectivity index (χ1v) is 6.75. The summed E-state index contributed by atoms with van der Waals surface area (Å²) in [6, 6.07) is -0.248. The van der Waals surface area contributed by atoms with Gasteiger partial charge >= 0.3 is 0 Å². The molecule has 0 heterocycles. The Bertz CT molecular complexity index is 229. The Morgan fingerprint density at radius 2 is 1.88 bits per heavy atom. The van der Waals surface area contributed by atoms with Crippen molar-refractivity contribution >= 4 is 5.78 Å². The Kier molecular flexibility index (Phi) is 4.97. The van der Waals surface area contributed by atoms with Crippen LogP contribution in [0.25, 0.3) is 0 Å². The predicted molar refractivity (Wildman–Crippen MR) is 68.2 cm³/mol. The maximum Gasteiger partial charge on any atom is 0.149 e. The zero-order valence-corrected chi connectivity index (χ0v) is 11.1. The average molecular weight is 225 g/mol. The van der Waals surface area contributed by atoms with Gasteiger partial charge in [-0.3, -0.25) is 4.79 Å². The molecule has 1 rings (SSSR count). The molecule has 2 N–H and O–H groups in total. The number of nitrogens with two attached hydrogens (primary N) is 1. The lowest BCUT2D eigenvalue weighted by molar-refractivity contribution is -0.120. The van der Waals surface area contributed by atoms with E-state index in [1.54, 1.807) is 0 Å². The van der Waals surface area contributed by atoms with Crippen molar-refractivity contribution in [1.29, 1.82) is 0 Å². The second-order valence-corrected chi connectivity index (χ2v) is 5.95. The Morgan fingerprint density at radius 1 is 1.31 bits per heavy atom. The van der Waals surface area contributed by atoms with E-state index in [4.69, 9.17) is 5.73 Å². The number of carbonyl (C=O) groups is 1. The van der Waals surface area contributed by atoms with Crippen molar-refractivity contribution in [3.8, 4) is 0 Å². The third-order valence-corrected chi connectivity index (χ3v) is 4.22. The van der Waals surface area contributed by atoms with Crippen LogP contribution in [-0.2, 0) is 4.79 Å². The number of rotatable bonds is 5. The molecule has 0 radical (unpaired) electrons. The quantitative estimate of drug-likeness (QED) is 0.780. The van der Waals surface area contributed by atoms with Crippen LogP contribution >= 0.6 is 0 Å². The van der Waals surface area contributed by atoms with Crippen molar-refractivity contribution in [1.82, 2.24) is 0 Å². The van der Waals surface area contributed by atoms with E-state index in [0.29, 0.717) is 6.42 Å². The zero-order chi connectivity index (χ0) is 12.2. The standard InChI is InChI=1S/C14H27NO/c1-4-13(16)12(15)10-14(2,3)11-8-6-5-7-9-11/h11-12H,4-10,15H2,1-3H3. The lowest BCUT2D eigenvalue weighted by Gasteiger charge is -2.38. The summed E-state index contributed by atoms with van der Waals surface area (Å²) >= 11 is 0. The van der Waals surface area contributed by atoms with Gasteiger partial charge in [0.15, 0.2) is 0 Å². The van der Waals surface area contributed by atoms with E-state index in [-0.39, 0.29) is 17.2 Å². The van der Waals surface area contributed by atoms with E-state index in [2.05, 4.69) is 13.8 Å². The van der Waals surface area contributed by atoms with Gasteiger partial charge in [-0.05, 0) is 30.6 Å². The molecular weight excluding hydrogens is 198 g/mol. The van der Waals surface area contributed by atoms with Gasteiger partial charge in [0.1, 0.15) is 5.78 Å². The van der Waals surface area contributed by atoms with Crippen LogP contribution in [0, 0.1) is 11.3 Å². The van der Waals surface area contributed by atoms with Crippen LogP contribution in [0.15, 0.2) is 0 Å². The lowest BCUT2D eigenvalue weighted by Crippen LogP contribution is -2.38. The summed E-state index contributed by atoms with van der Waals surface area (Å²) in [5.74, 6) is 0.973. The summed E-state index contributed by atoms with van der Waals surface area (Å²) in [5.41, 5.74) is 6.20. The normalized spacial score (nSPS) is 20.8. The molecule has 1 aliphatic rings. The fraction of sp³-hybridized carbons (Fsp3) is 0.929. The molecule has 0 aromatic carbocycles.